The molecule has 6 rings (SSSR count). The molecule has 4 aromatic rings. The Labute approximate surface area is 234 Å². The van der Waals surface area contributed by atoms with Gasteiger partial charge in [0.15, 0.2) is 23.8 Å². The summed E-state index contributed by atoms with van der Waals surface area (Å²) in [6.07, 6.45) is 7.79. The third-order valence-electron chi connectivity index (χ3n) is 7.46. The van der Waals surface area contributed by atoms with E-state index in [2.05, 4.69) is 15.1 Å². The third kappa shape index (κ3) is 5.05. The molecule has 0 atom stereocenters. The molecule has 2 fully saturated rings. The summed E-state index contributed by atoms with van der Waals surface area (Å²) in [4.78, 5) is 42.5. The minimum Gasteiger partial charge on any atom is -0.479 e. The second-order valence-corrected chi connectivity index (χ2v) is 11.5. The van der Waals surface area contributed by atoms with E-state index in [0.717, 1.165) is 24.2 Å². The van der Waals surface area contributed by atoms with Crippen molar-refractivity contribution in [1.82, 2.24) is 39.8 Å². The monoisotopic (exact) mass is 561 g/mol. The number of carboxylic acids is 1. The number of nitrogens with zero attached hydrogens (tertiary/aromatic N) is 8. The Morgan fingerprint density at radius 2 is 1.76 bits per heavy atom. The lowest BCUT2D eigenvalue weighted by atomic mass is 9.91. The van der Waals surface area contributed by atoms with Crippen LogP contribution in [0.5, 0.6) is 0 Å². The topological polar surface area (TPSA) is 188 Å². The number of carbonyl (C=O) groups excluding carboxylic acids is 1. The van der Waals surface area contributed by atoms with Crippen molar-refractivity contribution in [1.29, 1.82) is 0 Å². The Kier molecular flexibility index (Phi) is 6.54. The highest BCUT2D eigenvalue weighted by Crippen LogP contribution is 2.48. The van der Waals surface area contributed by atoms with Crippen LogP contribution in [0.1, 0.15) is 69.6 Å². The Morgan fingerprint density at radius 1 is 1.05 bits per heavy atom. The maximum atomic E-state index is 12.1. The lowest BCUT2D eigenvalue weighted by molar-refractivity contribution is -0.140. The van der Waals surface area contributed by atoms with Gasteiger partial charge in [-0.25, -0.2) is 34.2 Å². The number of aliphatic carboxylic acids is 1. The van der Waals surface area contributed by atoms with E-state index in [9.17, 15) is 9.59 Å². The molecule has 1 saturated carbocycles. The summed E-state index contributed by atoms with van der Waals surface area (Å²) in [6.45, 7) is 6.37. The molecule has 14 heteroatoms. The van der Waals surface area contributed by atoms with Crippen LogP contribution in [0.25, 0.3) is 33.8 Å². The van der Waals surface area contributed by atoms with Gasteiger partial charge in [0.1, 0.15) is 23.5 Å². The second-order valence-electron chi connectivity index (χ2n) is 11.5. The second kappa shape index (κ2) is 10.1. The number of rotatable bonds is 6. The molecule has 3 N–H and O–H groups in total. The molecular weight excluding hydrogens is 530 g/mol. The molecule has 1 saturated heterocycles. The molecule has 0 spiro atoms. The molecule has 0 unspecified atom stereocenters. The van der Waals surface area contributed by atoms with Gasteiger partial charge in [-0.05, 0) is 57.9 Å². The number of fused-ring (bicyclic) bond motifs is 1. The summed E-state index contributed by atoms with van der Waals surface area (Å²) >= 11 is 0. The molecule has 4 aromatic heterocycles. The average molecular weight is 562 g/mol. The van der Waals surface area contributed by atoms with Crippen LogP contribution >= 0.6 is 0 Å². The highest BCUT2D eigenvalue weighted by molar-refractivity contribution is 6.00. The van der Waals surface area contributed by atoms with E-state index >= 15 is 0 Å². The number of carboxylic acid groups (broad SMARTS) is 1. The van der Waals surface area contributed by atoms with Crippen molar-refractivity contribution < 1.29 is 24.0 Å². The fourth-order valence-corrected chi connectivity index (χ4v) is 5.20. The van der Waals surface area contributed by atoms with Gasteiger partial charge in [-0.3, -0.25) is 0 Å². The van der Waals surface area contributed by atoms with E-state index in [1.165, 1.54) is 11.2 Å². The first-order chi connectivity index (χ1) is 19.6. The summed E-state index contributed by atoms with van der Waals surface area (Å²) in [5, 5.41) is 18.7. The fraction of sp³-hybridized carbons (Fsp3) is 0.481. The number of hydrogen-bond acceptors (Lipinski definition) is 11. The number of aromatic nitrogens is 7. The zero-order valence-corrected chi connectivity index (χ0v) is 23.1. The SMILES string of the molecule is CC(C)(C)n1nc(-c2noc(C3CC3)c2-c2ncc(C3CCN(C(=O)OCC(=O)O)CC3)cn2)c2c(N)ncnc21. The van der Waals surface area contributed by atoms with Crippen molar-refractivity contribution in [3.05, 3.63) is 30.0 Å². The molecule has 41 heavy (non-hydrogen) atoms. The molecule has 1 aliphatic heterocycles. The van der Waals surface area contributed by atoms with E-state index in [1.807, 2.05) is 37.8 Å². The number of nitrogens with two attached hydrogens (primary N) is 1. The zero-order chi connectivity index (χ0) is 28.9. The Bertz CT molecular complexity index is 1610. The molecule has 5 heterocycles. The highest BCUT2D eigenvalue weighted by Gasteiger charge is 2.36. The van der Waals surface area contributed by atoms with E-state index in [-0.39, 0.29) is 17.4 Å². The molecule has 0 aromatic carbocycles. The molecule has 1 amide bonds. The van der Waals surface area contributed by atoms with Crippen LogP contribution in [0.2, 0.25) is 0 Å². The lowest BCUT2D eigenvalue weighted by Crippen LogP contribution is -2.39. The normalized spacial score (nSPS) is 16.3. The van der Waals surface area contributed by atoms with Crippen molar-refractivity contribution in [2.45, 2.75) is 63.8 Å². The Balaban J connectivity index is 1.30. The van der Waals surface area contributed by atoms with Crippen molar-refractivity contribution in [2.75, 3.05) is 25.4 Å². The molecule has 0 radical (unpaired) electrons. The molecular formula is C27H31N9O5. The van der Waals surface area contributed by atoms with Crippen LogP contribution in [0.15, 0.2) is 23.2 Å². The third-order valence-corrected chi connectivity index (χ3v) is 7.46. The van der Waals surface area contributed by atoms with Gasteiger partial charge in [0, 0.05) is 31.4 Å². The number of amides is 1. The summed E-state index contributed by atoms with van der Waals surface area (Å²) in [6, 6.07) is 0. The van der Waals surface area contributed by atoms with E-state index in [1.54, 1.807) is 0 Å². The predicted octanol–water partition coefficient (Wildman–Crippen LogP) is 3.55. The standard InChI is InChI=1S/C27H31N9O5/c1-27(2,3)36-25-19(23(28)31-13-32-25)20(33-36)21-18(22(41-34-21)15-4-5-15)24-29-10-16(11-30-24)14-6-8-35(9-7-14)26(39)40-12-17(37)38/h10-11,13-15H,4-9,12H2,1-3H3,(H,37,38)(H2,28,31,32). The van der Waals surface area contributed by atoms with Crippen LogP contribution in [0.4, 0.5) is 10.6 Å². The predicted molar refractivity (Wildman–Crippen MR) is 146 cm³/mol. The van der Waals surface area contributed by atoms with Crippen LogP contribution in [0, 0.1) is 0 Å². The number of anilines is 1. The number of piperidine rings is 1. The number of hydrogen-bond donors (Lipinski definition) is 2. The van der Waals surface area contributed by atoms with E-state index in [4.69, 9.17) is 35.2 Å². The summed E-state index contributed by atoms with van der Waals surface area (Å²) < 4.78 is 12.5. The Morgan fingerprint density at radius 3 is 2.39 bits per heavy atom. The van der Waals surface area contributed by atoms with Crippen LogP contribution in [0.3, 0.4) is 0 Å². The van der Waals surface area contributed by atoms with Gasteiger partial charge in [0.25, 0.3) is 0 Å². The molecule has 0 bridgehead atoms. The largest absolute Gasteiger partial charge is 0.479 e. The number of ether oxygens (including phenoxy) is 1. The molecule has 214 valence electrons. The van der Waals surface area contributed by atoms with Crippen molar-refractivity contribution >= 4 is 28.9 Å². The summed E-state index contributed by atoms with van der Waals surface area (Å²) in [5.74, 6) is 0.728. The van der Waals surface area contributed by atoms with E-state index in [0.29, 0.717) is 65.6 Å². The van der Waals surface area contributed by atoms with Crippen molar-refractivity contribution in [3.63, 3.8) is 0 Å². The quantitative estimate of drug-likeness (QED) is 0.349. The fourth-order valence-electron chi connectivity index (χ4n) is 5.20. The number of nitrogen functional groups attached to an aromatic ring is 1. The zero-order valence-electron chi connectivity index (χ0n) is 23.1. The van der Waals surface area contributed by atoms with E-state index < -0.39 is 18.7 Å². The van der Waals surface area contributed by atoms with Gasteiger partial charge >= 0.3 is 12.1 Å². The Hall–Kier alpha value is -4.62. The van der Waals surface area contributed by atoms with Crippen molar-refractivity contribution in [2.24, 2.45) is 0 Å². The number of likely N-dealkylation sites (tertiary alicyclic amines) is 1. The molecule has 2 aliphatic rings. The van der Waals surface area contributed by atoms with Crippen LogP contribution in [-0.4, -0.2) is 76.6 Å². The minimum atomic E-state index is -1.18. The average Bonchev–Trinajstić information content (AvgIpc) is 3.57. The number of carbonyl (C=O) groups is 2. The maximum Gasteiger partial charge on any atom is 0.410 e. The first kappa shape index (κ1) is 26.6. The van der Waals surface area contributed by atoms with Crippen molar-refractivity contribution in [3.8, 4) is 22.8 Å². The van der Waals surface area contributed by atoms with Crippen LogP contribution < -0.4 is 5.73 Å². The molecule has 1 aliphatic carbocycles. The first-order valence-corrected chi connectivity index (χ1v) is 13.6. The maximum absolute atomic E-state index is 12.1. The van der Waals surface area contributed by atoms with Gasteiger partial charge in [-0.2, -0.15) is 5.10 Å². The van der Waals surface area contributed by atoms with Gasteiger partial charge in [0.2, 0.25) is 0 Å². The minimum absolute atomic E-state index is 0.154. The van der Waals surface area contributed by atoms with Gasteiger partial charge in [-0.1, -0.05) is 5.16 Å². The highest BCUT2D eigenvalue weighted by atomic mass is 16.6. The summed E-state index contributed by atoms with van der Waals surface area (Å²) in [7, 11) is 0. The molecule has 14 nitrogen and oxygen atoms in total. The smallest absolute Gasteiger partial charge is 0.410 e. The van der Waals surface area contributed by atoms with Crippen LogP contribution in [-0.2, 0) is 15.1 Å². The van der Waals surface area contributed by atoms with Gasteiger partial charge < -0.3 is 25.0 Å². The van der Waals surface area contributed by atoms with Gasteiger partial charge in [-0.15, -0.1) is 0 Å². The summed E-state index contributed by atoms with van der Waals surface area (Å²) in [5.41, 5.74) is 9.24. The first-order valence-electron chi connectivity index (χ1n) is 13.6. The van der Waals surface area contributed by atoms with Gasteiger partial charge in [0.05, 0.1) is 16.5 Å². The lowest BCUT2D eigenvalue weighted by Gasteiger charge is -2.31.